The molecule has 6 nitrogen and oxygen atoms in total. The Balaban J connectivity index is 2.20. The summed E-state index contributed by atoms with van der Waals surface area (Å²) in [6.07, 6.45) is -2.19. The average Bonchev–Trinajstić information content (AvgIpc) is 2.73. The normalized spacial score (nSPS) is 15.7. The van der Waals surface area contributed by atoms with Crippen molar-refractivity contribution in [3.63, 3.8) is 0 Å². The second kappa shape index (κ2) is 10.0. The van der Waals surface area contributed by atoms with Gasteiger partial charge < -0.3 is 0 Å². The highest BCUT2D eigenvalue weighted by Crippen LogP contribution is 2.34. The van der Waals surface area contributed by atoms with Gasteiger partial charge in [-0.25, -0.2) is 8.42 Å². The molecule has 0 N–H and O–H groups in total. The maximum absolute atomic E-state index is 13.3. The minimum Gasteiger partial charge on any atom is -0.272 e. The van der Waals surface area contributed by atoms with Gasteiger partial charge >= 0.3 is 11.0 Å². The molecule has 0 fully saturated rings. The highest BCUT2D eigenvalue weighted by Gasteiger charge is 2.46. The molecule has 2 unspecified atom stereocenters. The van der Waals surface area contributed by atoms with E-state index in [-0.39, 0.29) is 0 Å². The van der Waals surface area contributed by atoms with Crippen LogP contribution in [0.3, 0.4) is 0 Å². The molecular formula is C19H16F6N2O4S2. The first-order valence-electron chi connectivity index (χ1n) is 9.03. The molecule has 0 aliphatic carbocycles. The van der Waals surface area contributed by atoms with Crippen molar-refractivity contribution in [3.8, 4) is 0 Å². The molecule has 2 atom stereocenters. The van der Waals surface area contributed by atoms with Crippen LogP contribution in [0.15, 0.2) is 79.2 Å². The Hall–Kier alpha value is -2.74. The molecule has 0 spiro atoms. The molecule has 0 aromatic heterocycles. The van der Waals surface area contributed by atoms with E-state index in [9.17, 15) is 44.3 Å². The van der Waals surface area contributed by atoms with Gasteiger partial charge in [0.05, 0.1) is 9.79 Å². The number of hydrogen-bond acceptors (Lipinski definition) is 4. The first-order chi connectivity index (χ1) is 15.2. The van der Waals surface area contributed by atoms with Crippen molar-refractivity contribution < 1.29 is 44.3 Å². The molecule has 2 amide bonds. The molecule has 14 heteroatoms. The fourth-order valence-corrected chi connectivity index (χ4v) is 5.22. The third-order valence-electron chi connectivity index (χ3n) is 3.99. The monoisotopic (exact) mass is 514 g/mol. The van der Waals surface area contributed by atoms with Crippen LogP contribution in [0, 0.1) is 0 Å². The third-order valence-corrected chi connectivity index (χ3v) is 7.99. The fraction of sp³-hybridized carbons (Fsp3) is 0.263. The second-order valence-corrected chi connectivity index (χ2v) is 10.7. The molecule has 0 bridgehead atoms. The molecule has 0 radical (unpaired) electrons. The summed E-state index contributed by atoms with van der Waals surface area (Å²) in [7, 11) is -10.3. The zero-order valence-electron chi connectivity index (χ0n) is 16.5. The SMILES string of the molecule is O=C(CCCC(=O)N=S(=O)(c1ccccc1)C(F)(F)F)N=S(=O)(c1ccccc1)C(F)(F)F. The average molecular weight is 514 g/mol. The Morgan fingerprint density at radius 2 is 0.939 bits per heavy atom. The number of carbonyl (C=O) groups is 2. The Morgan fingerprint density at radius 1 is 0.636 bits per heavy atom. The zero-order chi connectivity index (χ0) is 24.9. The van der Waals surface area contributed by atoms with E-state index in [4.69, 9.17) is 0 Å². The van der Waals surface area contributed by atoms with Crippen molar-refractivity contribution in [2.75, 3.05) is 0 Å². The van der Waals surface area contributed by atoms with Gasteiger partial charge in [0.2, 0.25) is 0 Å². The maximum Gasteiger partial charge on any atom is 0.484 e. The summed E-state index contributed by atoms with van der Waals surface area (Å²) in [5, 5.41) is 0. The number of nitrogens with zero attached hydrogens (tertiary/aromatic N) is 2. The van der Waals surface area contributed by atoms with E-state index in [0.29, 0.717) is 0 Å². The lowest BCUT2D eigenvalue weighted by molar-refractivity contribution is -0.119. The molecular weight excluding hydrogens is 498 g/mol. The van der Waals surface area contributed by atoms with Gasteiger partial charge in [0.1, 0.15) is 0 Å². The largest absolute Gasteiger partial charge is 0.484 e. The smallest absolute Gasteiger partial charge is 0.272 e. The first-order valence-corrected chi connectivity index (χ1v) is 12.1. The predicted molar refractivity (Wildman–Crippen MR) is 107 cm³/mol. The summed E-state index contributed by atoms with van der Waals surface area (Å²) in [5.74, 6) is -2.93. The number of alkyl halides is 6. The summed E-state index contributed by atoms with van der Waals surface area (Å²) in [6, 6.07) is 10.9. The topological polar surface area (TPSA) is 93.0 Å². The summed E-state index contributed by atoms with van der Waals surface area (Å²) < 4.78 is 110. The Bertz CT molecular complexity index is 1150. The zero-order valence-corrected chi connectivity index (χ0v) is 18.1. The lowest BCUT2D eigenvalue weighted by atomic mass is 10.2. The molecule has 180 valence electrons. The van der Waals surface area contributed by atoms with E-state index in [1.165, 1.54) is 36.4 Å². The molecule has 33 heavy (non-hydrogen) atoms. The third kappa shape index (κ3) is 6.19. The summed E-state index contributed by atoms with van der Waals surface area (Å²) in [6.45, 7) is 0. The van der Waals surface area contributed by atoms with Gasteiger partial charge in [0.15, 0.2) is 19.5 Å². The predicted octanol–water partition coefficient (Wildman–Crippen LogP) is 5.30. The van der Waals surface area contributed by atoms with E-state index < -0.39 is 71.3 Å². The second-order valence-electron chi connectivity index (χ2n) is 6.39. The van der Waals surface area contributed by atoms with E-state index in [2.05, 4.69) is 8.73 Å². The number of benzene rings is 2. The quantitative estimate of drug-likeness (QED) is 0.489. The minimum absolute atomic E-state index is 0.547. The van der Waals surface area contributed by atoms with Gasteiger partial charge in [-0.2, -0.15) is 35.1 Å². The van der Waals surface area contributed by atoms with Gasteiger partial charge in [-0.15, -0.1) is 0 Å². The Morgan fingerprint density at radius 3 is 1.21 bits per heavy atom. The highest BCUT2D eigenvalue weighted by atomic mass is 32.2. The van der Waals surface area contributed by atoms with Gasteiger partial charge in [-0.1, -0.05) is 36.4 Å². The van der Waals surface area contributed by atoms with Crippen LogP contribution >= 0.6 is 0 Å². The number of amides is 2. The summed E-state index contributed by atoms with van der Waals surface area (Å²) >= 11 is 0. The lowest BCUT2D eigenvalue weighted by Gasteiger charge is -2.13. The number of halogens is 6. The van der Waals surface area contributed by atoms with Crippen LogP contribution in [-0.2, 0) is 29.0 Å². The van der Waals surface area contributed by atoms with Crippen molar-refractivity contribution in [3.05, 3.63) is 60.7 Å². The van der Waals surface area contributed by atoms with Crippen LogP contribution in [0.1, 0.15) is 19.3 Å². The van der Waals surface area contributed by atoms with Gasteiger partial charge in [-0.05, 0) is 30.7 Å². The van der Waals surface area contributed by atoms with E-state index in [0.717, 1.165) is 24.3 Å². The molecule has 0 saturated heterocycles. The number of hydrogen-bond donors (Lipinski definition) is 0. The van der Waals surface area contributed by atoms with E-state index >= 15 is 0 Å². The van der Waals surface area contributed by atoms with Crippen LogP contribution < -0.4 is 0 Å². The fourth-order valence-electron chi connectivity index (χ4n) is 2.45. The van der Waals surface area contributed by atoms with E-state index in [1.807, 2.05) is 0 Å². The van der Waals surface area contributed by atoms with Gasteiger partial charge in [-0.3, -0.25) is 9.59 Å². The van der Waals surface area contributed by atoms with Crippen LogP contribution in [0.5, 0.6) is 0 Å². The molecule has 0 aliphatic heterocycles. The lowest BCUT2D eigenvalue weighted by Crippen LogP contribution is -2.25. The van der Waals surface area contributed by atoms with Crippen molar-refractivity contribution in [2.45, 2.75) is 40.1 Å². The van der Waals surface area contributed by atoms with Crippen molar-refractivity contribution in [1.82, 2.24) is 0 Å². The Kier molecular flexibility index (Phi) is 8.06. The van der Waals surface area contributed by atoms with Crippen LogP contribution in [0.25, 0.3) is 0 Å². The minimum atomic E-state index is -5.37. The van der Waals surface area contributed by atoms with E-state index in [1.54, 1.807) is 0 Å². The van der Waals surface area contributed by atoms with Crippen LogP contribution in [0.4, 0.5) is 26.3 Å². The molecule has 0 heterocycles. The van der Waals surface area contributed by atoms with Crippen LogP contribution in [-0.4, -0.2) is 31.2 Å². The number of carbonyl (C=O) groups excluding carboxylic acids is 2. The molecule has 0 aliphatic rings. The van der Waals surface area contributed by atoms with Gasteiger partial charge in [0.25, 0.3) is 11.8 Å². The highest BCUT2D eigenvalue weighted by molar-refractivity contribution is 7.95. The summed E-state index contributed by atoms with van der Waals surface area (Å²) in [4.78, 5) is 22.3. The Labute approximate surface area is 185 Å². The maximum atomic E-state index is 13.3. The molecule has 2 aromatic carbocycles. The first kappa shape index (κ1) is 26.5. The molecule has 2 rings (SSSR count). The molecule has 0 saturated carbocycles. The number of rotatable bonds is 6. The standard InChI is InChI=1S/C19H16F6N2O4S2/c20-18(21,22)32(30,14-8-3-1-4-9-14)26-16(28)12-7-13-17(29)27-33(31,19(23,24)25)15-10-5-2-6-11-15/h1-6,8-11H,7,12-13H2. The summed E-state index contributed by atoms with van der Waals surface area (Å²) in [5.41, 5.74) is -10.7. The van der Waals surface area contributed by atoms with Crippen molar-refractivity contribution in [2.24, 2.45) is 8.73 Å². The molecule has 2 aromatic rings. The van der Waals surface area contributed by atoms with Crippen molar-refractivity contribution in [1.29, 1.82) is 0 Å². The van der Waals surface area contributed by atoms with Crippen molar-refractivity contribution >= 4 is 31.3 Å². The van der Waals surface area contributed by atoms with Crippen LogP contribution in [0.2, 0.25) is 0 Å². The van der Waals surface area contributed by atoms with Gasteiger partial charge in [0, 0.05) is 12.8 Å².